The SMILES string of the molecule is CCN(Cc1cc[nH+]cc1)C(=S)Nc1ccccc1. The molecule has 98 valence electrons. The maximum atomic E-state index is 5.46. The van der Waals surface area contributed by atoms with Crippen molar-refractivity contribution >= 4 is 23.0 Å². The molecule has 0 fully saturated rings. The van der Waals surface area contributed by atoms with Crippen LogP contribution >= 0.6 is 12.2 Å². The van der Waals surface area contributed by atoms with Gasteiger partial charge in [-0.1, -0.05) is 18.2 Å². The fraction of sp³-hybridized carbons (Fsp3) is 0.200. The lowest BCUT2D eigenvalue weighted by molar-refractivity contribution is -0.378. The summed E-state index contributed by atoms with van der Waals surface area (Å²) in [4.78, 5) is 5.16. The molecule has 0 saturated carbocycles. The quantitative estimate of drug-likeness (QED) is 0.868. The van der Waals surface area contributed by atoms with Crippen molar-refractivity contribution < 1.29 is 4.98 Å². The molecule has 1 aromatic heterocycles. The van der Waals surface area contributed by atoms with E-state index < -0.39 is 0 Å². The number of aromatic amines is 1. The summed E-state index contributed by atoms with van der Waals surface area (Å²) in [5, 5.41) is 4.01. The molecule has 0 radical (unpaired) electrons. The van der Waals surface area contributed by atoms with Crippen molar-refractivity contribution in [3.63, 3.8) is 0 Å². The Bertz CT molecular complexity index is 513. The zero-order valence-electron chi connectivity index (χ0n) is 11.0. The molecule has 0 aliphatic heterocycles. The average Bonchev–Trinajstić information content (AvgIpc) is 2.47. The maximum absolute atomic E-state index is 5.46. The minimum Gasteiger partial charge on any atom is -0.345 e. The Balaban J connectivity index is 2.00. The van der Waals surface area contributed by atoms with Gasteiger partial charge in [0.1, 0.15) is 0 Å². The molecular weight excluding hydrogens is 254 g/mol. The van der Waals surface area contributed by atoms with Gasteiger partial charge in [-0.3, -0.25) is 0 Å². The number of rotatable bonds is 4. The summed E-state index contributed by atoms with van der Waals surface area (Å²) < 4.78 is 0. The standard InChI is InChI=1S/C15H17N3S/c1-2-18(12-13-8-10-16-11-9-13)15(19)17-14-6-4-3-5-7-14/h3-11H,2,12H2,1H3,(H,17,19)/p+1. The number of para-hydroxylation sites is 1. The molecular formula is C15H18N3S+. The van der Waals surface area contributed by atoms with Crippen molar-refractivity contribution in [3.05, 3.63) is 60.4 Å². The van der Waals surface area contributed by atoms with Gasteiger partial charge in [-0.15, -0.1) is 0 Å². The highest BCUT2D eigenvalue weighted by Gasteiger charge is 2.08. The summed E-state index contributed by atoms with van der Waals surface area (Å²) >= 11 is 5.46. The van der Waals surface area contributed by atoms with Gasteiger partial charge in [0.05, 0.1) is 0 Å². The zero-order valence-corrected chi connectivity index (χ0v) is 11.8. The van der Waals surface area contributed by atoms with E-state index in [0.717, 1.165) is 23.9 Å². The molecule has 1 heterocycles. The third-order valence-electron chi connectivity index (χ3n) is 2.85. The lowest BCUT2D eigenvalue weighted by atomic mass is 10.2. The number of nitrogens with one attached hydrogen (secondary N) is 2. The van der Waals surface area contributed by atoms with Crippen molar-refractivity contribution in [1.29, 1.82) is 0 Å². The largest absolute Gasteiger partial charge is 0.345 e. The average molecular weight is 272 g/mol. The Labute approximate surface area is 119 Å². The van der Waals surface area contributed by atoms with Crippen LogP contribution in [0.15, 0.2) is 54.9 Å². The summed E-state index contributed by atoms with van der Waals surface area (Å²) in [6, 6.07) is 14.1. The topological polar surface area (TPSA) is 29.4 Å². The Kier molecular flexibility index (Phi) is 4.86. The smallest absolute Gasteiger partial charge is 0.173 e. The number of thiocarbonyl (C=S) groups is 1. The molecule has 2 aromatic rings. The fourth-order valence-electron chi connectivity index (χ4n) is 1.80. The van der Waals surface area contributed by atoms with Crippen LogP contribution < -0.4 is 10.3 Å². The minimum atomic E-state index is 0.751. The first-order chi connectivity index (χ1) is 9.29. The summed E-state index contributed by atoms with van der Waals surface area (Å²) in [7, 11) is 0. The van der Waals surface area contributed by atoms with Gasteiger partial charge in [-0.05, 0) is 36.8 Å². The van der Waals surface area contributed by atoms with E-state index in [1.165, 1.54) is 5.56 Å². The van der Waals surface area contributed by atoms with Crippen molar-refractivity contribution in [2.24, 2.45) is 0 Å². The number of H-pyrrole nitrogens is 1. The number of benzene rings is 1. The van der Waals surface area contributed by atoms with Crippen molar-refractivity contribution in [2.45, 2.75) is 13.5 Å². The Morgan fingerprint density at radius 2 is 1.84 bits per heavy atom. The number of aromatic nitrogens is 1. The van der Waals surface area contributed by atoms with Crippen LogP contribution in [0.1, 0.15) is 12.5 Å². The molecule has 2 N–H and O–H groups in total. The van der Waals surface area contributed by atoms with Crippen LogP contribution in [0.25, 0.3) is 0 Å². The van der Waals surface area contributed by atoms with Gasteiger partial charge >= 0.3 is 0 Å². The number of pyridine rings is 1. The molecule has 0 bridgehead atoms. The van der Waals surface area contributed by atoms with Crippen molar-refractivity contribution in [2.75, 3.05) is 11.9 Å². The van der Waals surface area contributed by atoms with E-state index in [1.54, 1.807) is 0 Å². The highest BCUT2D eigenvalue weighted by Crippen LogP contribution is 2.09. The van der Waals surface area contributed by atoms with E-state index in [9.17, 15) is 0 Å². The summed E-state index contributed by atoms with van der Waals surface area (Å²) in [5.74, 6) is 0. The van der Waals surface area contributed by atoms with Crippen LogP contribution in [0.2, 0.25) is 0 Å². The third-order valence-corrected chi connectivity index (χ3v) is 3.21. The van der Waals surface area contributed by atoms with Gasteiger partial charge in [0.25, 0.3) is 0 Å². The van der Waals surface area contributed by atoms with Crippen LogP contribution in [0.4, 0.5) is 5.69 Å². The first-order valence-electron chi connectivity index (χ1n) is 6.35. The molecule has 0 amide bonds. The van der Waals surface area contributed by atoms with Crippen LogP contribution in [0, 0.1) is 0 Å². The molecule has 0 spiro atoms. The molecule has 0 atom stereocenters. The van der Waals surface area contributed by atoms with Crippen LogP contribution in [0.5, 0.6) is 0 Å². The Morgan fingerprint density at radius 1 is 1.16 bits per heavy atom. The van der Waals surface area contributed by atoms with E-state index in [2.05, 4.69) is 34.3 Å². The van der Waals surface area contributed by atoms with Gasteiger partial charge < -0.3 is 10.2 Å². The Hall–Kier alpha value is -1.94. The lowest BCUT2D eigenvalue weighted by Crippen LogP contribution is -2.34. The number of anilines is 1. The van der Waals surface area contributed by atoms with Crippen molar-refractivity contribution in [3.8, 4) is 0 Å². The van der Waals surface area contributed by atoms with E-state index in [0.29, 0.717) is 0 Å². The minimum absolute atomic E-state index is 0.751. The van der Waals surface area contributed by atoms with Crippen LogP contribution in [-0.4, -0.2) is 16.6 Å². The first-order valence-corrected chi connectivity index (χ1v) is 6.76. The molecule has 2 rings (SSSR count). The maximum Gasteiger partial charge on any atom is 0.173 e. The second kappa shape index (κ2) is 6.85. The van der Waals surface area contributed by atoms with Gasteiger partial charge in [0, 0.05) is 30.9 Å². The van der Waals surface area contributed by atoms with E-state index in [1.807, 2.05) is 42.7 Å². The molecule has 4 heteroatoms. The highest BCUT2D eigenvalue weighted by molar-refractivity contribution is 7.80. The molecule has 0 unspecified atom stereocenters. The van der Waals surface area contributed by atoms with E-state index >= 15 is 0 Å². The fourth-order valence-corrected chi connectivity index (χ4v) is 2.11. The zero-order chi connectivity index (χ0) is 13.5. The van der Waals surface area contributed by atoms with Crippen molar-refractivity contribution in [1.82, 2.24) is 4.90 Å². The normalized spacial score (nSPS) is 9.95. The molecule has 0 aliphatic rings. The predicted octanol–water partition coefficient (Wildman–Crippen LogP) is 2.72. The summed E-state index contributed by atoms with van der Waals surface area (Å²) in [6.45, 7) is 3.79. The molecule has 0 aliphatic carbocycles. The predicted molar refractivity (Wildman–Crippen MR) is 81.7 cm³/mol. The van der Waals surface area contributed by atoms with Gasteiger partial charge in [0.2, 0.25) is 0 Å². The Morgan fingerprint density at radius 3 is 2.47 bits per heavy atom. The summed E-state index contributed by atoms with van der Waals surface area (Å²) in [6.07, 6.45) is 3.85. The molecule has 19 heavy (non-hydrogen) atoms. The molecule has 0 saturated heterocycles. The third kappa shape index (κ3) is 4.03. The van der Waals surface area contributed by atoms with E-state index in [-0.39, 0.29) is 0 Å². The molecule has 3 nitrogen and oxygen atoms in total. The second-order valence-electron chi connectivity index (χ2n) is 4.22. The lowest BCUT2D eigenvalue weighted by Gasteiger charge is -2.24. The van der Waals surface area contributed by atoms with Gasteiger partial charge in [-0.25, -0.2) is 4.98 Å². The van der Waals surface area contributed by atoms with Gasteiger partial charge in [0.15, 0.2) is 17.5 Å². The van der Waals surface area contributed by atoms with Crippen LogP contribution in [-0.2, 0) is 6.54 Å². The van der Waals surface area contributed by atoms with E-state index in [4.69, 9.17) is 12.2 Å². The second-order valence-corrected chi connectivity index (χ2v) is 4.61. The molecule has 1 aromatic carbocycles. The summed E-state index contributed by atoms with van der Waals surface area (Å²) in [5.41, 5.74) is 2.25. The number of nitrogens with zero attached hydrogens (tertiary/aromatic N) is 1. The number of hydrogen-bond donors (Lipinski definition) is 1. The highest BCUT2D eigenvalue weighted by atomic mass is 32.1. The monoisotopic (exact) mass is 272 g/mol. The van der Waals surface area contributed by atoms with Gasteiger partial charge in [-0.2, -0.15) is 0 Å². The number of hydrogen-bond acceptors (Lipinski definition) is 1. The first kappa shape index (κ1) is 13.5. The van der Waals surface area contributed by atoms with Crippen LogP contribution in [0.3, 0.4) is 0 Å².